The smallest absolute Gasteiger partial charge is 0.152 e. The second-order valence-electron chi connectivity index (χ2n) is 4.84. The first-order valence-electron chi connectivity index (χ1n) is 5.65. The molecule has 1 fully saturated rings. The Balaban J connectivity index is 2.24. The van der Waals surface area contributed by atoms with Crippen LogP contribution in [0.2, 0.25) is 0 Å². The molecule has 0 aromatic heterocycles. The molecule has 1 aliphatic rings. The summed E-state index contributed by atoms with van der Waals surface area (Å²) in [5.74, 6) is 0.993. The number of benzene rings is 1. The van der Waals surface area contributed by atoms with Gasteiger partial charge < -0.3 is 10.5 Å². The Morgan fingerprint density at radius 2 is 2.22 bits per heavy atom. The lowest BCUT2D eigenvalue weighted by Gasteiger charge is -2.23. The number of rotatable bonds is 3. The van der Waals surface area contributed by atoms with E-state index in [1.165, 1.54) is 0 Å². The van der Waals surface area contributed by atoms with E-state index < -0.39 is 15.4 Å². The third-order valence-electron chi connectivity index (χ3n) is 3.21. The maximum atomic E-state index is 11.5. The lowest BCUT2D eigenvalue weighted by atomic mass is 9.91. The van der Waals surface area contributed by atoms with Gasteiger partial charge in [0.25, 0.3) is 0 Å². The van der Waals surface area contributed by atoms with Crippen LogP contribution in [0.15, 0.2) is 22.7 Å². The quantitative estimate of drug-likeness (QED) is 0.910. The van der Waals surface area contributed by atoms with Gasteiger partial charge >= 0.3 is 0 Å². The van der Waals surface area contributed by atoms with Crippen LogP contribution >= 0.6 is 15.9 Å². The molecule has 1 saturated heterocycles. The van der Waals surface area contributed by atoms with Crippen LogP contribution in [0.4, 0.5) is 0 Å². The average Bonchev–Trinajstić information content (AvgIpc) is 2.56. The van der Waals surface area contributed by atoms with E-state index >= 15 is 0 Å². The summed E-state index contributed by atoms with van der Waals surface area (Å²) in [6.45, 7) is 0. The number of halogens is 1. The Morgan fingerprint density at radius 1 is 1.50 bits per heavy atom. The van der Waals surface area contributed by atoms with Crippen LogP contribution in [-0.4, -0.2) is 32.6 Å². The first-order chi connectivity index (χ1) is 8.34. The SMILES string of the molecule is COc1ccc(Br)c(CC2(N)CCS(=O)(=O)C2)c1. The number of nitrogens with two attached hydrogens (primary N) is 1. The van der Waals surface area contributed by atoms with Gasteiger partial charge in [0.05, 0.1) is 18.6 Å². The number of hydrogen-bond donors (Lipinski definition) is 1. The molecule has 0 saturated carbocycles. The number of hydrogen-bond acceptors (Lipinski definition) is 4. The molecular weight excluding hydrogens is 318 g/mol. The highest BCUT2D eigenvalue weighted by Crippen LogP contribution is 2.30. The zero-order chi connectivity index (χ0) is 13.4. The molecule has 1 atom stereocenters. The summed E-state index contributed by atoms with van der Waals surface area (Å²) in [6.07, 6.45) is 1.04. The van der Waals surface area contributed by atoms with Crippen LogP contribution in [0.25, 0.3) is 0 Å². The molecule has 0 radical (unpaired) electrons. The highest BCUT2D eigenvalue weighted by atomic mass is 79.9. The molecule has 4 nitrogen and oxygen atoms in total. The minimum absolute atomic E-state index is 0.0592. The fourth-order valence-electron chi connectivity index (χ4n) is 2.27. The molecule has 0 amide bonds. The molecular formula is C12H16BrNO3S. The monoisotopic (exact) mass is 333 g/mol. The van der Waals surface area contributed by atoms with Crippen LogP contribution < -0.4 is 10.5 Å². The van der Waals surface area contributed by atoms with Crippen molar-refractivity contribution in [2.45, 2.75) is 18.4 Å². The molecule has 1 aromatic carbocycles. The zero-order valence-electron chi connectivity index (χ0n) is 10.1. The first-order valence-corrected chi connectivity index (χ1v) is 8.27. The number of sulfone groups is 1. The van der Waals surface area contributed by atoms with Gasteiger partial charge in [-0.2, -0.15) is 0 Å². The van der Waals surface area contributed by atoms with E-state index in [0.717, 1.165) is 15.8 Å². The van der Waals surface area contributed by atoms with Crippen molar-refractivity contribution in [2.75, 3.05) is 18.6 Å². The molecule has 0 spiro atoms. The number of methoxy groups -OCH3 is 1. The molecule has 2 N–H and O–H groups in total. The van der Waals surface area contributed by atoms with Gasteiger partial charge in [-0.3, -0.25) is 0 Å². The van der Waals surface area contributed by atoms with Crippen molar-refractivity contribution in [3.63, 3.8) is 0 Å². The van der Waals surface area contributed by atoms with Gasteiger partial charge in [-0.1, -0.05) is 15.9 Å². The van der Waals surface area contributed by atoms with Crippen LogP contribution in [0, 0.1) is 0 Å². The molecule has 6 heteroatoms. The second kappa shape index (κ2) is 4.83. The van der Waals surface area contributed by atoms with Crippen molar-refractivity contribution in [3.8, 4) is 5.75 Å². The van der Waals surface area contributed by atoms with Crippen molar-refractivity contribution >= 4 is 25.8 Å². The van der Waals surface area contributed by atoms with Crippen molar-refractivity contribution in [2.24, 2.45) is 5.73 Å². The molecule has 1 aromatic rings. The fraction of sp³-hybridized carbons (Fsp3) is 0.500. The van der Waals surface area contributed by atoms with E-state index in [1.54, 1.807) is 7.11 Å². The number of ether oxygens (including phenoxy) is 1. The maximum absolute atomic E-state index is 11.5. The van der Waals surface area contributed by atoms with E-state index in [2.05, 4.69) is 15.9 Å². The van der Waals surface area contributed by atoms with E-state index in [9.17, 15) is 8.42 Å². The largest absolute Gasteiger partial charge is 0.497 e. The molecule has 18 heavy (non-hydrogen) atoms. The Bertz CT molecular complexity index is 558. The van der Waals surface area contributed by atoms with E-state index in [4.69, 9.17) is 10.5 Å². The van der Waals surface area contributed by atoms with Gasteiger partial charge in [0, 0.05) is 10.0 Å². The summed E-state index contributed by atoms with van der Waals surface area (Å²) < 4.78 is 29.2. The van der Waals surface area contributed by atoms with Crippen LogP contribution in [0.3, 0.4) is 0 Å². The molecule has 1 heterocycles. The minimum Gasteiger partial charge on any atom is -0.497 e. The molecule has 1 unspecified atom stereocenters. The highest BCUT2D eigenvalue weighted by molar-refractivity contribution is 9.10. The first kappa shape index (κ1) is 13.8. The Hall–Kier alpha value is -0.590. The van der Waals surface area contributed by atoms with Crippen molar-refractivity contribution in [3.05, 3.63) is 28.2 Å². The van der Waals surface area contributed by atoms with Gasteiger partial charge in [-0.25, -0.2) is 8.42 Å². The standard InChI is InChI=1S/C12H16BrNO3S/c1-17-10-2-3-11(13)9(6-10)7-12(14)4-5-18(15,16)8-12/h2-3,6H,4-5,7-8,14H2,1H3. The van der Waals surface area contributed by atoms with Crippen LogP contribution in [0.1, 0.15) is 12.0 Å². The van der Waals surface area contributed by atoms with Crippen LogP contribution in [-0.2, 0) is 16.3 Å². The van der Waals surface area contributed by atoms with Crippen molar-refractivity contribution in [1.29, 1.82) is 0 Å². The summed E-state index contributed by atoms with van der Waals surface area (Å²) in [4.78, 5) is 0. The van der Waals surface area contributed by atoms with E-state index in [-0.39, 0.29) is 11.5 Å². The third kappa shape index (κ3) is 3.05. The maximum Gasteiger partial charge on any atom is 0.152 e. The third-order valence-corrected chi connectivity index (χ3v) is 5.83. The molecule has 0 aliphatic carbocycles. The van der Waals surface area contributed by atoms with Gasteiger partial charge in [-0.05, 0) is 36.6 Å². The predicted molar refractivity (Wildman–Crippen MR) is 74.6 cm³/mol. The fourth-order valence-corrected chi connectivity index (χ4v) is 4.64. The molecule has 100 valence electrons. The lowest BCUT2D eigenvalue weighted by Crippen LogP contribution is -2.43. The summed E-state index contributed by atoms with van der Waals surface area (Å²) in [7, 11) is -1.37. The molecule has 0 bridgehead atoms. The summed E-state index contributed by atoms with van der Waals surface area (Å²) >= 11 is 3.46. The van der Waals surface area contributed by atoms with E-state index in [1.807, 2.05) is 18.2 Å². The second-order valence-corrected chi connectivity index (χ2v) is 7.88. The van der Waals surface area contributed by atoms with Gasteiger partial charge in [-0.15, -0.1) is 0 Å². The normalized spacial score (nSPS) is 26.2. The summed E-state index contributed by atoms with van der Waals surface area (Å²) in [5.41, 5.74) is 6.51. The topological polar surface area (TPSA) is 69.4 Å². The Kier molecular flexibility index (Phi) is 3.71. The summed E-state index contributed by atoms with van der Waals surface area (Å²) in [6, 6.07) is 5.63. The summed E-state index contributed by atoms with van der Waals surface area (Å²) in [5, 5.41) is 0. The molecule has 2 rings (SSSR count). The molecule has 1 aliphatic heterocycles. The van der Waals surface area contributed by atoms with Gasteiger partial charge in [0.1, 0.15) is 5.75 Å². The van der Waals surface area contributed by atoms with E-state index in [0.29, 0.717) is 12.8 Å². The minimum atomic E-state index is -2.97. The van der Waals surface area contributed by atoms with Crippen molar-refractivity contribution in [1.82, 2.24) is 0 Å². The Morgan fingerprint density at radius 3 is 2.78 bits per heavy atom. The highest BCUT2D eigenvalue weighted by Gasteiger charge is 2.39. The van der Waals surface area contributed by atoms with Gasteiger partial charge in [0.15, 0.2) is 9.84 Å². The van der Waals surface area contributed by atoms with Crippen LogP contribution in [0.5, 0.6) is 5.75 Å². The average molecular weight is 334 g/mol. The zero-order valence-corrected chi connectivity index (χ0v) is 12.6. The van der Waals surface area contributed by atoms with Gasteiger partial charge in [0.2, 0.25) is 0 Å². The Labute approximate surface area is 116 Å². The predicted octanol–water partition coefficient (Wildman–Crippen LogP) is 1.52. The van der Waals surface area contributed by atoms with Crippen molar-refractivity contribution < 1.29 is 13.2 Å². The lowest BCUT2D eigenvalue weighted by molar-refractivity contribution is 0.412.